The van der Waals surface area contributed by atoms with Crippen LogP contribution in [0.2, 0.25) is 0 Å². The van der Waals surface area contributed by atoms with Crippen LogP contribution in [-0.2, 0) is 4.28 Å². The number of fused-ring (bicyclic) bond motifs is 3. The molecule has 2 aliphatic rings. The van der Waals surface area contributed by atoms with E-state index in [0.29, 0.717) is 0 Å². The third-order valence-corrected chi connectivity index (χ3v) is 2.89. The Balaban J connectivity index is 2.26. The van der Waals surface area contributed by atoms with Gasteiger partial charge in [-0.3, -0.25) is 0 Å². The highest BCUT2D eigenvalue weighted by Gasteiger charge is 2.21. The molecule has 0 bridgehead atoms. The molecule has 0 saturated heterocycles. The Morgan fingerprint density at radius 2 is 2.14 bits per heavy atom. The smallest absolute Gasteiger partial charge is 0.129 e. The topological polar surface area (TPSA) is 21.6 Å². The van der Waals surface area contributed by atoms with E-state index in [0.717, 1.165) is 16.2 Å². The van der Waals surface area contributed by atoms with E-state index in [2.05, 4.69) is 23.4 Å². The molecule has 0 aromatic heterocycles. The molecule has 0 spiro atoms. The number of hydrogen-bond acceptors (Lipinski definition) is 3. The number of benzene rings is 1. The van der Waals surface area contributed by atoms with Crippen LogP contribution in [0.1, 0.15) is 11.1 Å². The number of allylic oxidation sites excluding steroid dienone is 3. The van der Waals surface area contributed by atoms with E-state index in [1.165, 1.54) is 17.6 Å². The molecule has 14 heavy (non-hydrogen) atoms. The zero-order valence-electron chi connectivity index (χ0n) is 7.31. The lowest BCUT2D eigenvalue weighted by Gasteiger charge is -2.01. The highest BCUT2D eigenvalue weighted by molar-refractivity contribution is 7.99. The van der Waals surface area contributed by atoms with Crippen LogP contribution in [-0.4, -0.2) is 5.71 Å². The minimum atomic E-state index is 0.940. The van der Waals surface area contributed by atoms with Gasteiger partial charge in [0.2, 0.25) is 0 Å². The van der Waals surface area contributed by atoms with E-state index < -0.39 is 0 Å². The first-order valence-electron chi connectivity index (χ1n) is 4.35. The second-order valence-electron chi connectivity index (χ2n) is 3.08. The molecule has 2 nitrogen and oxygen atoms in total. The molecule has 1 aliphatic heterocycles. The molecule has 1 heterocycles. The molecule has 0 fully saturated rings. The Kier molecular flexibility index (Phi) is 1.70. The van der Waals surface area contributed by atoms with Gasteiger partial charge in [-0.2, -0.15) is 0 Å². The third kappa shape index (κ3) is 1.09. The van der Waals surface area contributed by atoms with Gasteiger partial charge in [-0.15, -0.1) is 0 Å². The molecule has 1 aromatic carbocycles. The molecule has 0 atom stereocenters. The standard InChI is InChI=1S/C11H7NOS/c1-2-6-9-8(4-1)5-3-7-10-11(9)12-13-14-10/h1-7H. The predicted molar refractivity (Wildman–Crippen MR) is 58.8 cm³/mol. The summed E-state index contributed by atoms with van der Waals surface area (Å²) < 4.78 is 5.01. The molecule has 0 unspecified atom stereocenters. The van der Waals surface area contributed by atoms with Gasteiger partial charge < -0.3 is 4.28 Å². The van der Waals surface area contributed by atoms with Crippen molar-refractivity contribution in [2.45, 2.75) is 0 Å². The lowest BCUT2D eigenvalue weighted by Crippen LogP contribution is -1.99. The van der Waals surface area contributed by atoms with E-state index in [-0.39, 0.29) is 0 Å². The number of rotatable bonds is 0. The van der Waals surface area contributed by atoms with Crippen molar-refractivity contribution in [3.05, 3.63) is 52.4 Å². The van der Waals surface area contributed by atoms with Gasteiger partial charge in [-0.05, 0) is 11.6 Å². The average Bonchev–Trinajstić information content (AvgIpc) is 2.61. The van der Waals surface area contributed by atoms with Crippen LogP contribution in [0, 0.1) is 0 Å². The summed E-state index contributed by atoms with van der Waals surface area (Å²) in [5, 5.41) is 4.03. The first-order chi connectivity index (χ1) is 6.95. The maximum absolute atomic E-state index is 5.01. The number of hydrogen-bond donors (Lipinski definition) is 0. The second kappa shape index (κ2) is 3.03. The van der Waals surface area contributed by atoms with E-state index in [1.807, 2.05) is 24.3 Å². The van der Waals surface area contributed by atoms with Crippen LogP contribution in [0.4, 0.5) is 0 Å². The van der Waals surface area contributed by atoms with Crippen LogP contribution in [0.25, 0.3) is 6.08 Å². The van der Waals surface area contributed by atoms with E-state index >= 15 is 0 Å². The van der Waals surface area contributed by atoms with E-state index in [1.54, 1.807) is 0 Å². The fraction of sp³-hybridized carbons (Fsp3) is 0. The zero-order valence-corrected chi connectivity index (χ0v) is 8.12. The van der Waals surface area contributed by atoms with Crippen LogP contribution in [0.15, 0.2) is 46.5 Å². The maximum Gasteiger partial charge on any atom is 0.129 e. The molecule has 3 heteroatoms. The van der Waals surface area contributed by atoms with Gasteiger partial charge in [-0.25, -0.2) is 0 Å². The van der Waals surface area contributed by atoms with Crippen molar-refractivity contribution in [1.82, 2.24) is 0 Å². The summed E-state index contributed by atoms with van der Waals surface area (Å²) in [7, 11) is 0. The number of nitrogens with zero attached hydrogens (tertiary/aromatic N) is 1. The van der Waals surface area contributed by atoms with Gasteiger partial charge >= 0.3 is 0 Å². The van der Waals surface area contributed by atoms with Crippen molar-refractivity contribution in [3.63, 3.8) is 0 Å². The van der Waals surface area contributed by atoms with Crippen LogP contribution < -0.4 is 0 Å². The fourth-order valence-corrected chi connectivity index (χ4v) is 2.12. The van der Waals surface area contributed by atoms with Gasteiger partial charge in [0.05, 0.1) is 4.91 Å². The normalized spacial score (nSPS) is 17.4. The Morgan fingerprint density at radius 1 is 1.21 bits per heavy atom. The summed E-state index contributed by atoms with van der Waals surface area (Å²) in [6.45, 7) is 0. The van der Waals surface area contributed by atoms with Crippen molar-refractivity contribution in [2.24, 2.45) is 5.16 Å². The van der Waals surface area contributed by atoms with E-state index in [4.69, 9.17) is 4.28 Å². The highest BCUT2D eigenvalue weighted by Crippen LogP contribution is 2.32. The van der Waals surface area contributed by atoms with Crippen LogP contribution in [0.3, 0.4) is 0 Å². The molecule has 1 aliphatic carbocycles. The SMILES string of the molecule is C1=Cc2ccccc2C2=NOSC2=C1. The molecular formula is C11H7NOS. The zero-order chi connectivity index (χ0) is 9.38. The summed E-state index contributed by atoms with van der Waals surface area (Å²) in [6, 6.07) is 8.18. The molecule has 0 saturated carbocycles. The van der Waals surface area contributed by atoms with Gasteiger partial charge in [0.1, 0.15) is 17.8 Å². The molecule has 0 amide bonds. The average molecular weight is 201 g/mol. The molecule has 0 radical (unpaired) electrons. The van der Waals surface area contributed by atoms with Gasteiger partial charge in [0, 0.05) is 5.56 Å². The Bertz CT molecular complexity index is 474. The highest BCUT2D eigenvalue weighted by atomic mass is 32.2. The number of oxime groups is 1. The van der Waals surface area contributed by atoms with Crippen LogP contribution >= 0.6 is 12.0 Å². The van der Waals surface area contributed by atoms with Crippen molar-refractivity contribution in [2.75, 3.05) is 0 Å². The van der Waals surface area contributed by atoms with Gasteiger partial charge in [0.15, 0.2) is 0 Å². The van der Waals surface area contributed by atoms with Gasteiger partial charge in [-0.1, -0.05) is 41.6 Å². The molecule has 68 valence electrons. The Labute approximate surface area is 86.2 Å². The van der Waals surface area contributed by atoms with Crippen molar-refractivity contribution in [1.29, 1.82) is 0 Å². The summed E-state index contributed by atoms with van der Waals surface area (Å²) >= 11 is 1.31. The largest absolute Gasteiger partial charge is 0.316 e. The van der Waals surface area contributed by atoms with Crippen molar-refractivity contribution < 1.29 is 4.28 Å². The molecule has 0 N–H and O–H groups in total. The van der Waals surface area contributed by atoms with Crippen LogP contribution in [0.5, 0.6) is 0 Å². The van der Waals surface area contributed by atoms with Gasteiger partial charge in [0.25, 0.3) is 0 Å². The monoisotopic (exact) mass is 201 g/mol. The van der Waals surface area contributed by atoms with E-state index in [9.17, 15) is 0 Å². The predicted octanol–water partition coefficient (Wildman–Crippen LogP) is 2.98. The fourth-order valence-electron chi connectivity index (χ4n) is 1.57. The molecule has 3 rings (SSSR count). The molecular weight excluding hydrogens is 194 g/mol. The first kappa shape index (κ1) is 7.88. The lowest BCUT2D eigenvalue weighted by molar-refractivity contribution is 0.417. The lowest BCUT2D eigenvalue weighted by atomic mass is 10.0. The summed E-state index contributed by atoms with van der Waals surface area (Å²) in [4.78, 5) is 1.08. The van der Waals surface area contributed by atoms with Crippen molar-refractivity contribution >= 4 is 23.8 Å². The summed E-state index contributed by atoms with van der Waals surface area (Å²) in [6.07, 6.45) is 6.14. The Hall–Kier alpha value is -1.48. The Morgan fingerprint density at radius 3 is 3.14 bits per heavy atom. The first-order valence-corrected chi connectivity index (χ1v) is 5.09. The summed E-state index contributed by atoms with van der Waals surface area (Å²) in [5.74, 6) is 0. The maximum atomic E-state index is 5.01. The minimum Gasteiger partial charge on any atom is -0.316 e. The minimum absolute atomic E-state index is 0.940. The quantitative estimate of drug-likeness (QED) is 0.602. The molecule has 1 aromatic rings. The second-order valence-corrected chi connectivity index (χ2v) is 3.83. The third-order valence-electron chi connectivity index (χ3n) is 2.23. The van der Waals surface area contributed by atoms with Crippen molar-refractivity contribution in [3.8, 4) is 0 Å². The summed E-state index contributed by atoms with van der Waals surface area (Å²) in [5.41, 5.74) is 3.26.